The van der Waals surface area contributed by atoms with Crippen LogP contribution in [0.5, 0.6) is 0 Å². The molecule has 12 aromatic rings. The molecule has 54 heavy (non-hydrogen) atoms. The number of nitrogens with zero attached hydrogens (tertiary/aromatic N) is 1. The van der Waals surface area contributed by atoms with Crippen LogP contribution in [0.2, 0.25) is 0 Å². The van der Waals surface area contributed by atoms with Crippen LogP contribution in [0, 0.1) is 0 Å². The summed E-state index contributed by atoms with van der Waals surface area (Å²) in [7, 11) is 0. The molecule has 2 aromatic heterocycles. The van der Waals surface area contributed by atoms with Crippen molar-refractivity contribution in [3.8, 4) is 39.1 Å². The van der Waals surface area contributed by atoms with Crippen LogP contribution in [-0.2, 0) is 0 Å². The van der Waals surface area contributed by atoms with Crippen LogP contribution in [-0.4, -0.2) is 4.57 Å². The zero-order chi connectivity index (χ0) is 35.3. The zero-order valence-electron chi connectivity index (χ0n) is 29.3. The standard InChI is InChI=1S/C52H31NO/c1-3-10-32(11-4-1)36-22-29-47-46(31-36)44-27-28-45-41-16-7-8-17-48(41)54-52(45)51(44)53(47)38-15-9-14-37(30-38)40-24-19-35-20-25-42-39(33-12-5-2-6-13-33)23-18-34-21-26-43(40)50(35)49(34)42/h1-31H. The first-order valence-corrected chi connectivity index (χ1v) is 18.6. The highest BCUT2D eigenvalue weighted by molar-refractivity contribution is 6.28. The van der Waals surface area contributed by atoms with Gasteiger partial charge in [0.15, 0.2) is 5.58 Å². The molecule has 0 aliphatic heterocycles. The highest BCUT2D eigenvalue weighted by Crippen LogP contribution is 2.44. The lowest BCUT2D eigenvalue weighted by Gasteiger charge is -2.17. The number of furan rings is 1. The smallest absolute Gasteiger partial charge is 0.160 e. The molecular weight excluding hydrogens is 655 g/mol. The minimum absolute atomic E-state index is 0.902. The molecule has 0 radical (unpaired) electrons. The fourth-order valence-corrected chi connectivity index (χ4v) is 9.09. The van der Waals surface area contributed by atoms with Crippen molar-refractivity contribution in [2.24, 2.45) is 0 Å². The summed E-state index contributed by atoms with van der Waals surface area (Å²) in [5.41, 5.74) is 12.5. The van der Waals surface area contributed by atoms with Gasteiger partial charge in [0.1, 0.15) is 5.58 Å². The van der Waals surface area contributed by atoms with Gasteiger partial charge in [-0.25, -0.2) is 0 Å². The Balaban J connectivity index is 1.11. The van der Waals surface area contributed by atoms with Gasteiger partial charge in [0.25, 0.3) is 0 Å². The minimum atomic E-state index is 0.902. The molecule has 0 amide bonds. The second kappa shape index (κ2) is 11.2. The van der Waals surface area contributed by atoms with Crippen LogP contribution < -0.4 is 0 Å². The van der Waals surface area contributed by atoms with Crippen molar-refractivity contribution >= 4 is 76.1 Å². The topological polar surface area (TPSA) is 18.1 Å². The van der Waals surface area contributed by atoms with E-state index in [1.807, 2.05) is 6.07 Å². The van der Waals surface area contributed by atoms with Gasteiger partial charge in [0.05, 0.1) is 11.0 Å². The molecule has 0 saturated carbocycles. The summed E-state index contributed by atoms with van der Waals surface area (Å²) in [4.78, 5) is 0. The average molecular weight is 686 g/mol. The molecule has 0 fully saturated rings. The molecule has 0 aliphatic carbocycles. The first kappa shape index (κ1) is 29.4. The van der Waals surface area contributed by atoms with Crippen LogP contribution >= 0.6 is 0 Å². The molecule has 0 unspecified atom stereocenters. The fourth-order valence-electron chi connectivity index (χ4n) is 9.09. The minimum Gasteiger partial charge on any atom is -0.454 e. The number of hydrogen-bond acceptors (Lipinski definition) is 1. The molecular formula is C52H31NO. The van der Waals surface area contributed by atoms with E-state index in [2.05, 4.69) is 187 Å². The molecule has 12 rings (SSSR count). The Bertz CT molecular complexity index is 3420. The lowest BCUT2D eigenvalue weighted by molar-refractivity contribution is 0.671. The quantitative estimate of drug-likeness (QED) is 0.169. The Morgan fingerprint density at radius 2 is 0.963 bits per heavy atom. The Kier molecular flexibility index (Phi) is 6.09. The molecule has 10 aromatic carbocycles. The molecule has 0 spiro atoms. The van der Waals surface area contributed by atoms with Crippen LogP contribution in [0.15, 0.2) is 192 Å². The first-order chi connectivity index (χ1) is 26.8. The number of rotatable bonds is 4. The lowest BCUT2D eigenvalue weighted by atomic mass is 9.87. The van der Waals surface area contributed by atoms with E-state index in [0.717, 1.165) is 38.7 Å². The van der Waals surface area contributed by atoms with Gasteiger partial charge in [-0.3, -0.25) is 0 Å². The molecule has 0 aliphatic rings. The Labute approximate surface area is 311 Å². The highest BCUT2D eigenvalue weighted by Gasteiger charge is 2.21. The van der Waals surface area contributed by atoms with E-state index in [-0.39, 0.29) is 0 Å². The summed E-state index contributed by atoms with van der Waals surface area (Å²) in [5, 5.41) is 12.4. The van der Waals surface area contributed by atoms with Gasteiger partial charge < -0.3 is 8.98 Å². The maximum Gasteiger partial charge on any atom is 0.160 e. The van der Waals surface area contributed by atoms with E-state index in [4.69, 9.17) is 4.42 Å². The number of aromatic nitrogens is 1. The van der Waals surface area contributed by atoms with Crippen molar-refractivity contribution in [2.75, 3.05) is 0 Å². The summed E-state index contributed by atoms with van der Waals surface area (Å²) >= 11 is 0. The Hall–Kier alpha value is -7.16. The van der Waals surface area contributed by atoms with Crippen LogP contribution in [0.4, 0.5) is 0 Å². The van der Waals surface area contributed by atoms with E-state index in [0.29, 0.717) is 0 Å². The maximum atomic E-state index is 6.73. The van der Waals surface area contributed by atoms with Crippen LogP contribution in [0.1, 0.15) is 0 Å². The summed E-state index contributed by atoms with van der Waals surface area (Å²) in [6.45, 7) is 0. The SMILES string of the molecule is c1ccc(-c2ccc3c(c2)c2ccc4c5ccccc5oc4c2n3-c2cccc(-c3ccc4ccc5c(-c6ccccc6)ccc6ccc3c4c65)c2)cc1. The van der Waals surface area contributed by atoms with Gasteiger partial charge in [-0.15, -0.1) is 0 Å². The van der Waals surface area contributed by atoms with E-state index in [1.54, 1.807) is 0 Å². The predicted molar refractivity (Wildman–Crippen MR) is 228 cm³/mol. The van der Waals surface area contributed by atoms with Gasteiger partial charge in [0.2, 0.25) is 0 Å². The van der Waals surface area contributed by atoms with Crippen LogP contribution in [0.25, 0.3) is 115 Å². The summed E-state index contributed by atoms with van der Waals surface area (Å²) in [5.74, 6) is 0. The van der Waals surface area contributed by atoms with E-state index < -0.39 is 0 Å². The first-order valence-electron chi connectivity index (χ1n) is 18.6. The van der Waals surface area contributed by atoms with Gasteiger partial charge in [0, 0.05) is 27.2 Å². The second-order valence-electron chi connectivity index (χ2n) is 14.4. The van der Waals surface area contributed by atoms with Gasteiger partial charge >= 0.3 is 0 Å². The normalized spacial score (nSPS) is 12.1. The summed E-state index contributed by atoms with van der Waals surface area (Å²) in [6.07, 6.45) is 0. The molecule has 250 valence electrons. The highest BCUT2D eigenvalue weighted by atomic mass is 16.3. The van der Waals surface area contributed by atoms with E-state index >= 15 is 0 Å². The van der Waals surface area contributed by atoms with Gasteiger partial charge in [-0.2, -0.15) is 0 Å². The molecule has 2 nitrogen and oxygen atoms in total. The Morgan fingerprint density at radius 3 is 1.72 bits per heavy atom. The number of fused-ring (bicyclic) bond motifs is 7. The van der Waals surface area contributed by atoms with E-state index in [9.17, 15) is 0 Å². The summed E-state index contributed by atoms with van der Waals surface area (Å²) in [6, 6.07) is 68.5. The van der Waals surface area contributed by atoms with Crippen molar-refractivity contribution in [1.29, 1.82) is 0 Å². The van der Waals surface area contributed by atoms with Crippen molar-refractivity contribution in [3.05, 3.63) is 188 Å². The molecule has 2 heterocycles. The molecule has 0 N–H and O–H groups in total. The molecule has 2 heteroatoms. The van der Waals surface area contributed by atoms with Crippen LogP contribution in [0.3, 0.4) is 0 Å². The molecule has 0 bridgehead atoms. The lowest BCUT2D eigenvalue weighted by Crippen LogP contribution is -1.95. The number of benzene rings is 10. The molecule has 0 atom stereocenters. The second-order valence-corrected chi connectivity index (χ2v) is 14.4. The Morgan fingerprint density at radius 1 is 0.352 bits per heavy atom. The molecule has 0 saturated heterocycles. The zero-order valence-corrected chi connectivity index (χ0v) is 29.3. The van der Waals surface area contributed by atoms with Crippen molar-refractivity contribution in [3.63, 3.8) is 0 Å². The average Bonchev–Trinajstić information content (AvgIpc) is 3.79. The summed E-state index contributed by atoms with van der Waals surface area (Å²) < 4.78 is 9.14. The van der Waals surface area contributed by atoms with Gasteiger partial charge in [-0.05, 0) is 102 Å². The number of hydrogen-bond donors (Lipinski definition) is 0. The van der Waals surface area contributed by atoms with Crippen molar-refractivity contribution < 1.29 is 4.42 Å². The van der Waals surface area contributed by atoms with Crippen molar-refractivity contribution in [2.45, 2.75) is 0 Å². The third-order valence-electron chi connectivity index (χ3n) is 11.5. The fraction of sp³-hybridized carbons (Fsp3) is 0. The number of para-hydroxylation sites is 1. The van der Waals surface area contributed by atoms with E-state index in [1.165, 1.54) is 76.5 Å². The third kappa shape index (κ3) is 4.17. The van der Waals surface area contributed by atoms with Gasteiger partial charge in [-0.1, -0.05) is 152 Å². The third-order valence-corrected chi connectivity index (χ3v) is 11.5. The van der Waals surface area contributed by atoms with Crippen molar-refractivity contribution in [1.82, 2.24) is 4.57 Å². The monoisotopic (exact) mass is 685 g/mol. The predicted octanol–water partition coefficient (Wildman–Crippen LogP) is 14.6. The largest absolute Gasteiger partial charge is 0.454 e. The maximum absolute atomic E-state index is 6.73.